The lowest BCUT2D eigenvalue weighted by Gasteiger charge is -2.36. The summed E-state index contributed by atoms with van der Waals surface area (Å²) in [5, 5.41) is 9.80. The minimum Gasteiger partial charge on any atom is -0.388 e. The number of ether oxygens (including phenoxy) is 2. The van der Waals surface area contributed by atoms with Gasteiger partial charge in [0.15, 0.2) is 0 Å². The Morgan fingerprint density at radius 1 is 1.22 bits per heavy atom. The molecular formula is C14H29NO3. The van der Waals surface area contributed by atoms with Crippen LogP contribution in [0, 0.1) is 0 Å². The van der Waals surface area contributed by atoms with Crippen LogP contribution < -0.4 is 5.73 Å². The van der Waals surface area contributed by atoms with E-state index in [9.17, 15) is 5.11 Å². The molecule has 1 fully saturated rings. The molecule has 108 valence electrons. The normalized spacial score (nSPS) is 20.8. The van der Waals surface area contributed by atoms with Gasteiger partial charge in [-0.05, 0) is 19.3 Å². The summed E-state index contributed by atoms with van der Waals surface area (Å²) in [6.45, 7) is 4.09. The van der Waals surface area contributed by atoms with Gasteiger partial charge in [-0.15, -0.1) is 0 Å². The molecule has 1 rings (SSSR count). The average molecular weight is 259 g/mol. The monoisotopic (exact) mass is 259 g/mol. The first-order chi connectivity index (χ1) is 8.72. The molecule has 0 bridgehead atoms. The van der Waals surface area contributed by atoms with Crippen molar-refractivity contribution in [3.05, 3.63) is 0 Å². The molecule has 0 aromatic carbocycles. The van der Waals surface area contributed by atoms with E-state index < -0.39 is 6.10 Å². The zero-order valence-corrected chi connectivity index (χ0v) is 11.7. The molecular weight excluding hydrogens is 230 g/mol. The fraction of sp³-hybridized carbons (Fsp3) is 1.00. The van der Waals surface area contributed by atoms with Gasteiger partial charge in [0.25, 0.3) is 0 Å². The van der Waals surface area contributed by atoms with Crippen LogP contribution in [-0.2, 0) is 9.47 Å². The van der Waals surface area contributed by atoms with Gasteiger partial charge in [-0.25, -0.2) is 0 Å². The molecule has 0 amide bonds. The first kappa shape index (κ1) is 15.9. The van der Waals surface area contributed by atoms with E-state index in [2.05, 4.69) is 6.92 Å². The van der Waals surface area contributed by atoms with Crippen molar-refractivity contribution in [2.45, 2.75) is 63.6 Å². The smallest absolute Gasteiger partial charge is 0.101 e. The lowest BCUT2D eigenvalue weighted by molar-refractivity contribution is -0.106. The van der Waals surface area contributed by atoms with Crippen molar-refractivity contribution in [2.24, 2.45) is 5.73 Å². The van der Waals surface area contributed by atoms with Gasteiger partial charge in [0, 0.05) is 13.2 Å². The van der Waals surface area contributed by atoms with E-state index in [1.54, 1.807) is 0 Å². The lowest BCUT2D eigenvalue weighted by atomic mass is 9.84. The number of hydrogen-bond donors (Lipinski definition) is 2. The Labute approximate surface area is 111 Å². The number of aliphatic hydroxyl groups is 1. The Hall–Kier alpha value is -0.160. The van der Waals surface area contributed by atoms with Crippen LogP contribution in [0.1, 0.15) is 51.9 Å². The molecule has 0 aromatic heterocycles. The van der Waals surface area contributed by atoms with Gasteiger partial charge in [0.1, 0.15) is 6.10 Å². The maximum atomic E-state index is 9.80. The summed E-state index contributed by atoms with van der Waals surface area (Å²) >= 11 is 0. The largest absolute Gasteiger partial charge is 0.388 e. The van der Waals surface area contributed by atoms with E-state index >= 15 is 0 Å². The molecule has 1 aliphatic rings. The predicted octanol–water partition coefficient (Wildman–Crippen LogP) is 1.84. The van der Waals surface area contributed by atoms with Crippen LogP contribution in [0.25, 0.3) is 0 Å². The summed E-state index contributed by atoms with van der Waals surface area (Å²) in [5.74, 6) is 0. The Balaban J connectivity index is 2.16. The van der Waals surface area contributed by atoms with Crippen LogP contribution in [0.3, 0.4) is 0 Å². The highest BCUT2D eigenvalue weighted by Crippen LogP contribution is 2.30. The second kappa shape index (κ2) is 8.86. The van der Waals surface area contributed by atoms with E-state index in [4.69, 9.17) is 15.2 Å². The molecule has 0 spiro atoms. The van der Waals surface area contributed by atoms with E-state index in [0.29, 0.717) is 19.8 Å². The molecule has 3 N–H and O–H groups in total. The quantitative estimate of drug-likeness (QED) is 0.620. The summed E-state index contributed by atoms with van der Waals surface area (Å²) in [7, 11) is 0. The Kier molecular flexibility index (Phi) is 7.82. The Morgan fingerprint density at radius 3 is 2.56 bits per heavy atom. The minimum atomic E-state index is -0.535. The van der Waals surface area contributed by atoms with Gasteiger partial charge in [-0.1, -0.05) is 32.6 Å². The molecule has 1 unspecified atom stereocenters. The number of hydrogen-bond acceptors (Lipinski definition) is 4. The van der Waals surface area contributed by atoms with E-state index in [-0.39, 0.29) is 5.60 Å². The fourth-order valence-electron chi connectivity index (χ4n) is 2.39. The molecule has 0 aliphatic heterocycles. The van der Waals surface area contributed by atoms with Crippen LogP contribution in [0.2, 0.25) is 0 Å². The van der Waals surface area contributed by atoms with Gasteiger partial charge >= 0.3 is 0 Å². The second-order valence-electron chi connectivity index (χ2n) is 5.34. The Morgan fingerprint density at radius 2 is 1.94 bits per heavy atom. The van der Waals surface area contributed by atoms with Crippen LogP contribution in [0.15, 0.2) is 0 Å². The molecule has 0 heterocycles. The van der Waals surface area contributed by atoms with Crippen molar-refractivity contribution in [3.8, 4) is 0 Å². The minimum absolute atomic E-state index is 0.192. The highest BCUT2D eigenvalue weighted by Gasteiger charge is 2.31. The predicted molar refractivity (Wildman–Crippen MR) is 72.6 cm³/mol. The number of aliphatic hydroxyl groups excluding tert-OH is 1. The second-order valence-corrected chi connectivity index (χ2v) is 5.34. The van der Waals surface area contributed by atoms with Crippen molar-refractivity contribution in [1.29, 1.82) is 0 Å². The van der Waals surface area contributed by atoms with Crippen molar-refractivity contribution < 1.29 is 14.6 Å². The molecule has 1 aliphatic carbocycles. The van der Waals surface area contributed by atoms with Crippen LogP contribution in [-0.4, -0.2) is 43.2 Å². The van der Waals surface area contributed by atoms with Crippen LogP contribution >= 0.6 is 0 Å². The van der Waals surface area contributed by atoms with E-state index in [1.165, 1.54) is 19.3 Å². The zero-order chi connectivity index (χ0) is 13.3. The molecule has 18 heavy (non-hydrogen) atoms. The zero-order valence-electron chi connectivity index (χ0n) is 11.7. The molecule has 4 heteroatoms. The van der Waals surface area contributed by atoms with E-state index in [1.807, 2.05) is 0 Å². The van der Waals surface area contributed by atoms with Gasteiger partial charge in [0.2, 0.25) is 0 Å². The SMILES string of the molecule is CCCCOCC(O)COC1(CN)CCCCC1. The first-order valence-corrected chi connectivity index (χ1v) is 7.32. The maximum Gasteiger partial charge on any atom is 0.101 e. The topological polar surface area (TPSA) is 64.7 Å². The third kappa shape index (κ3) is 5.65. The van der Waals surface area contributed by atoms with E-state index in [0.717, 1.165) is 32.3 Å². The van der Waals surface area contributed by atoms with Gasteiger partial charge in [0.05, 0.1) is 18.8 Å². The first-order valence-electron chi connectivity index (χ1n) is 7.32. The third-order valence-electron chi connectivity index (χ3n) is 3.67. The van der Waals surface area contributed by atoms with Gasteiger partial charge < -0.3 is 20.3 Å². The molecule has 0 radical (unpaired) electrons. The number of nitrogens with two attached hydrogens (primary N) is 1. The molecule has 0 aromatic rings. The van der Waals surface area contributed by atoms with Crippen molar-refractivity contribution in [3.63, 3.8) is 0 Å². The van der Waals surface area contributed by atoms with Crippen molar-refractivity contribution in [2.75, 3.05) is 26.4 Å². The summed E-state index contributed by atoms with van der Waals surface area (Å²) < 4.78 is 11.3. The van der Waals surface area contributed by atoms with Crippen LogP contribution in [0.5, 0.6) is 0 Å². The Bertz CT molecular complexity index is 205. The maximum absolute atomic E-state index is 9.80. The highest BCUT2D eigenvalue weighted by molar-refractivity contribution is 4.85. The molecule has 1 atom stereocenters. The summed E-state index contributed by atoms with van der Waals surface area (Å²) in [6, 6.07) is 0. The third-order valence-corrected chi connectivity index (χ3v) is 3.67. The van der Waals surface area contributed by atoms with Crippen molar-refractivity contribution >= 4 is 0 Å². The highest BCUT2D eigenvalue weighted by atomic mass is 16.5. The summed E-state index contributed by atoms with van der Waals surface area (Å²) in [4.78, 5) is 0. The summed E-state index contributed by atoms with van der Waals surface area (Å²) in [6.07, 6.45) is 7.30. The fourth-order valence-corrected chi connectivity index (χ4v) is 2.39. The van der Waals surface area contributed by atoms with Gasteiger partial charge in [-0.3, -0.25) is 0 Å². The summed E-state index contributed by atoms with van der Waals surface area (Å²) in [5.41, 5.74) is 5.63. The molecule has 0 saturated heterocycles. The number of rotatable bonds is 9. The molecule has 4 nitrogen and oxygen atoms in total. The average Bonchev–Trinajstić information content (AvgIpc) is 2.42. The van der Waals surface area contributed by atoms with Gasteiger partial charge in [-0.2, -0.15) is 0 Å². The standard InChI is InChI=1S/C14H29NO3/c1-2-3-9-17-10-13(16)11-18-14(12-15)7-5-4-6-8-14/h13,16H,2-12,15H2,1H3. The van der Waals surface area contributed by atoms with Crippen molar-refractivity contribution in [1.82, 2.24) is 0 Å². The van der Waals surface area contributed by atoms with Crippen LogP contribution in [0.4, 0.5) is 0 Å². The molecule has 1 saturated carbocycles. The lowest BCUT2D eigenvalue weighted by Crippen LogP contribution is -2.44. The number of unbranched alkanes of at least 4 members (excludes halogenated alkanes) is 1.